The molecule has 1 atom stereocenters. The maximum absolute atomic E-state index is 12.9. The van der Waals surface area contributed by atoms with Gasteiger partial charge in [0.05, 0.1) is 7.11 Å². The molecule has 0 aliphatic heterocycles. The molecule has 3 aromatic rings. The molecule has 0 saturated heterocycles. The smallest absolute Gasteiger partial charge is 0.251 e. The fourth-order valence-corrected chi connectivity index (χ4v) is 2.65. The molecule has 0 radical (unpaired) electrons. The van der Waals surface area contributed by atoms with Gasteiger partial charge in [-0.3, -0.25) is 4.79 Å². The molecule has 3 rings (SSSR count). The molecule has 0 aliphatic rings. The molecular weight excluding hydrogens is 324 g/mol. The normalized spacial score (nSPS) is 11.5. The summed E-state index contributed by atoms with van der Waals surface area (Å²) >= 11 is 0. The van der Waals surface area contributed by atoms with Crippen LogP contribution in [0.4, 0.5) is 11.4 Å². The molecule has 0 spiro atoms. The molecule has 0 bridgehead atoms. The zero-order chi connectivity index (χ0) is 18.4. The van der Waals surface area contributed by atoms with E-state index < -0.39 is 6.04 Å². The van der Waals surface area contributed by atoms with Gasteiger partial charge in [0, 0.05) is 11.4 Å². The topological polar surface area (TPSA) is 50.4 Å². The molecule has 0 unspecified atom stereocenters. The number of nitrogens with one attached hydrogen (secondary N) is 2. The summed E-state index contributed by atoms with van der Waals surface area (Å²) in [5, 5.41) is 6.29. The minimum absolute atomic E-state index is 0.115. The lowest BCUT2D eigenvalue weighted by Crippen LogP contribution is -2.27. The quantitative estimate of drug-likeness (QED) is 0.674. The molecule has 3 aromatic carbocycles. The van der Waals surface area contributed by atoms with E-state index in [0.717, 1.165) is 28.3 Å². The first kappa shape index (κ1) is 17.5. The van der Waals surface area contributed by atoms with Crippen molar-refractivity contribution >= 4 is 17.3 Å². The first-order valence-corrected chi connectivity index (χ1v) is 8.49. The van der Waals surface area contributed by atoms with Crippen molar-refractivity contribution in [3.63, 3.8) is 0 Å². The number of methoxy groups -OCH3 is 1. The van der Waals surface area contributed by atoms with Crippen molar-refractivity contribution in [2.75, 3.05) is 17.7 Å². The van der Waals surface area contributed by atoms with Gasteiger partial charge >= 0.3 is 0 Å². The second-order valence-electron chi connectivity index (χ2n) is 6.07. The highest BCUT2D eigenvalue weighted by molar-refractivity contribution is 5.97. The van der Waals surface area contributed by atoms with Crippen LogP contribution in [0, 0.1) is 6.92 Å². The van der Waals surface area contributed by atoms with Crippen LogP contribution in [0.5, 0.6) is 5.75 Å². The third-order valence-corrected chi connectivity index (χ3v) is 4.12. The molecule has 2 N–H and O–H groups in total. The highest BCUT2D eigenvalue weighted by atomic mass is 16.5. The fraction of sp³-hybridized carbons (Fsp3) is 0.136. The highest BCUT2D eigenvalue weighted by Crippen LogP contribution is 2.23. The lowest BCUT2D eigenvalue weighted by atomic mass is 10.1. The molecule has 132 valence electrons. The van der Waals surface area contributed by atoms with Crippen LogP contribution in [-0.4, -0.2) is 13.0 Å². The lowest BCUT2D eigenvalue weighted by molar-refractivity contribution is -0.117. The van der Waals surface area contributed by atoms with E-state index in [4.69, 9.17) is 4.74 Å². The molecule has 0 aliphatic carbocycles. The molecule has 0 aromatic heterocycles. The van der Waals surface area contributed by atoms with Crippen molar-refractivity contribution in [2.24, 2.45) is 0 Å². The van der Waals surface area contributed by atoms with Crippen LogP contribution < -0.4 is 15.4 Å². The summed E-state index contributed by atoms with van der Waals surface area (Å²) in [5.74, 6) is 0.659. The Morgan fingerprint density at radius 3 is 2.08 bits per heavy atom. The molecule has 4 nitrogen and oxygen atoms in total. The van der Waals surface area contributed by atoms with Crippen LogP contribution in [0.2, 0.25) is 0 Å². The van der Waals surface area contributed by atoms with Crippen LogP contribution in [0.1, 0.15) is 17.2 Å². The molecule has 26 heavy (non-hydrogen) atoms. The van der Waals surface area contributed by atoms with E-state index >= 15 is 0 Å². The summed E-state index contributed by atoms with van der Waals surface area (Å²) in [7, 11) is 1.63. The van der Waals surface area contributed by atoms with Gasteiger partial charge in [0.2, 0.25) is 0 Å². The number of benzene rings is 3. The second-order valence-corrected chi connectivity index (χ2v) is 6.07. The van der Waals surface area contributed by atoms with Crippen molar-refractivity contribution in [3.05, 3.63) is 90.0 Å². The van der Waals surface area contributed by atoms with Gasteiger partial charge in [0.15, 0.2) is 0 Å². The lowest BCUT2D eigenvalue weighted by Gasteiger charge is -2.20. The summed E-state index contributed by atoms with van der Waals surface area (Å²) in [4.78, 5) is 12.9. The summed E-state index contributed by atoms with van der Waals surface area (Å²) < 4.78 is 5.19. The Bertz CT molecular complexity index is 844. The van der Waals surface area contributed by atoms with Gasteiger partial charge in [0.1, 0.15) is 11.8 Å². The summed E-state index contributed by atoms with van der Waals surface area (Å²) in [6.45, 7) is 2.02. The summed E-state index contributed by atoms with van der Waals surface area (Å²) in [6.07, 6.45) is 0. The van der Waals surface area contributed by atoms with Gasteiger partial charge < -0.3 is 15.4 Å². The zero-order valence-corrected chi connectivity index (χ0v) is 14.9. The van der Waals surface area contributed by atoms with Crippen LogP contribution in [0.3, 0.4) is 0 Å². The molecule has 1 amide bonds. The number of carbonyl (C=O) groups excluding carboxylic acids is 1. The fourth-order valence-electron chi connectivity index (χ4n) is 2.65. The minimum Gasteiger partial charge on any atom is -0.497 e. The third kappa shape index (κ3) is 4.42. The predicted molar refractivity (Wildman–Crippen MR) is 106 cm³/mol. The first-order valence-electron chi connectivity index (χ1n) is 8.49. The third-order valence-electron chi connectivity index (χ3n) is 4.12. The first-order chi connectivity index (χ1) is 12.7. The van der Waals surface area contributed by atoms with Crippen molar-refractivity contribution in [1.82, 2.24) is 0 Å². The van der Waals surface area contributed by atoms with E-state index in [1.54, 1.807) is 7.11 Å². The SMILES string of the molecule is COc1ccc(N[C@@H](C(=O)Nc2ccc(C)cc2)c2ccccc2)cc1. The minimum atomic E-state index is -0.508. The van der Waals surface area contributed by atoms with Gasteiger partial charge in [-0.1, -0.05) is 48.0 Å². The number of ether oxygens (including phenoxy) is 1. The van der Waals surface area contributed by atoms with Crippen LogP contribution in [0.15, 0.2) is 78.9 Å². The van der Waals surface area contributed by atoms with Gasteiger partial charge in [0.25, 0.3) is 5.91 Å². The molecule has 0 fully saturated rings. The van der Waals surface area contributed by atoms with E-state index in [9.17, 15) is 4.79 Å². The van der Waals surface area contributed by atoms with E-state index in [2.05, 4.69) is 10.6 Å². The number of aryl methyl sites for hydroxylation is 1. The van der Waals surface area contributed by atoms with E-state index in [1.165, 1.54) is 0 Å². The van der Waals surface area contributed by atoms with Crippen molar-refractivity contribution < 1.29 is 9.53 Å². The maximum atomic E-state index is 12.9. The van der Waals surface area contributed by atoms with Gasteiger partial charge in [-0.25, -0.2) is 0 Å². The maximum Gasteiger partial charge on any atom is 0.251 e. The average molecular weight is 346 g/mol. The zero-order valence-electron chi connectivity index (χ0n) is 14.9. The number of rotatable bonds is 6. The number of hydrogen-bond acceptors (Lipinski definition) is 3. The number of hydrogen-bond donors (Lipinski definition) is 2. The highest BCUT2D eigenvalue weighted by Gasteiger charge is 2.20. The standard InChI is InChI=1S/C22H22N2O2/c1-16-8-10-19(11-9-16)24-22(25)21(17-6-4-3-5-7-17)23-18-12-14-20(26-2)15-13-18/h3-15,21,23H,1-2H3,(H,24,25)/t21-/m1/s1. The van der Waals surface area contributed by atoms with Crippen molar-refractivity contribution in [1.29, 1.82) is 0 Å². The molecule has 0 saturated carbocycles. The average Bonchev–Trinajstić information content (AvgIpc) is 2.69. The van der Waals surface area contributed by atoms with Crippen LogP contribution >= 0.6 is 0 Å². The Kier molecular flexibility index (Phi) is 5.54. The van der Waals surface area contributed by atoms with Crippen molar-refractivity contribution in [3.8, 4) is 5.75 Å². The Morgan fingerprint density at radius 1 is 0.846 bits per heavy atom. The number of amides is 1. The Hall–Kier alpha value is -3.27. The second kappa shape index (κ2) is 8.21. The van der Waals surface area contributed by atoms with Gasteiger partial charge in [-0.05, 0) is 48.9 Å². The number of carbonyl (C=O) groups is 1. The molecule has 4 heteroatoms. The van der Waals surface area contributed by atoms with Gasteiger partial charge in [-0.15, -0.1) is 0 Å². The molecule has 0 heterocycles. The van der Waals surface area contributed by atoms with Gasteiger partial charge in [-0.2, -0.15) is 0 Å². The largest absolute Gasteiger partial charge is 0.497 e. The van der Waals surface area contributed by atoms with Crippen LogP contribution in [0.25, 0.3) is 0 Å². The Morgan fingerprint density at radius 2 is 1.46 bits per heavy atom. The monoisotopic (exact) mass is 346 g/mol. The van der Waals surface area contributed by atoms with E-state index in [0.29, 0.717) is 0 Å². The van der Waals surface area contributed by atoms with E-state index in [-0.39, 0.29) is 5.91 Å². The van der Waals surface area contributed by atoms with Crippen LogP contribution in [-0.2, 0) is 4.79 Å². The van der Waals surface area contributed by atoms with E-state index in [1.807, 2.05) is 85.8 Å². The summed E-state index contributed by atoms with van der Waals surface area (Å²) in [6, 6.07) is 24.4. The Labute approximate surface area is 153 Å². The molecular formula is C22H22N2O2. The van der Waals surface area contributed by atoms with Crippen molar-refractivity contribution in [2.45, 2.75) is 13.0 Å². The summed E-state index contributed by atoms with van der Waals surface area (Å²) in [5.41, 5.74) is 3.67. The Balaban J connectivity index is 1.82. The number of anilines is 2. The predicted octanol–water partition coefficient (Wildman–Crippen LogP) is 4.80.